The number of nitrogens with zero attached hydrogens (tertiary/aromatic N) is 1. The third kappa shape index (κ3) is 4.36. The van der Waals surface area contributed by atoms with Gasteiger partial charge in [0.1, 0.15) is 0 Å². The quantitative estimate of drug-likeness (QED) is 0.392. The number of ketones is 1. The average Bonchev–Trinajstić information content (AvgIpc) is 2.80. The average molecular weight is 378 g/mol. The van der Waals surface area contributed by atoms with Crippen molar-refractivity contribution in [3.8, 4) is 0 Å². The van der Waals surface area contributed by atoms with Crippen molar-refractivity contribution in [3.63, 3.8) is 0 Å². The van der Waals surface area contributed by atoms with E-state index in [1.807, 2.05) is 104 Å². The molecule has 0 bridgehead atoms. The zero-order valence-electron chi connectivity index (χ0n) is 16.2. The van der Waals surface area contributed by atoms with Crippen molar-refractivity contribution in [3.05, 3.63) is 120 Å². The third-order valence-corrected chi connectivity index (χ3v) is 4.87. The summed E-state index contributed by atoms with van der Waals surface area (Å²) in [5.41, 5.74) is 5.47. The number of carbonyl (C=O) groups excluding carboxylic acids is 1. The number of para-hydroxylation sites is 2. The van der Waals surface area contributed by atoms with Crippen LogP contribution in [0.2, 0.25) is 0 Å². The molecule has 0 atom stereocenters. The lowest BCUT2D eigenvalue weighted by Crippen LogP contribution is -2.09. The van der Waals surface area contributed by atoms with Crippen LogP contribution in [0.15, 0.2) is 109 Å². The highest BCUT2D eigenvalue weighted by molar-refractivity contribution is 6.09. The molecule has 1 N–H and O–H groups in total. The highest BCUT2D eigenvalue weighted by Crippen LogP contribution is 2.24. The van der Waals surface area contributed by atoms with Gasteiger partial charge in [-0.3, -0.25) is 4.79 Å². The Morgan fingerprint density at radius 2 is 1.03 bits per heavy atom. The van der Waals surface area contributed by atoms with E-state index >= 15 is 0 Å². The summed E-state index contributed by atoms with van der Waals surface area (Å²) in [6.07, 6.45) is 0. The Labute approximate surface area is 171 Å². The van der Waals surface area contributed by atoms with Crippen LogP contribution in [0.1, 0.15) is 15.9 Å². The van der Waals surface area contributed by atoms with Crippen LogP contribution in [0.5, 0.6) is 0 Å². The largest absolute Gasteiger partial charge is 0.356 e. The van der Waals surface area contributed by atoms with Crippen LogP contribution in [0.25, 0.3) is 0 Å². The first-order valence-electron chi connectivity index (χ1n) is 9.56. The topological polar surface area (TPSA) is 32.3 Å². The van der Waals surface area contributed by atoms with Crippen molar-refractivity contribution in [2.24, 2.45) is 0 Å². The van der Waals surface area contributed by atoms with Crippen LogP contribution >= 0.6 is 0 Å². The van der Waals surface area contributed by atoms with Gasteiger partial charge in [-0.2, -0.15) is 0 Å². The van der Waals surface area contributed by atoms with Gasteiger partial charge in [0.25, 0.3) is 0 Å². The Balaban J connectivity index is 1.46. The minimum absolute atomic E-state index is 0.0187. The van der Waals surface area contributed by atoms with Gasteiger partial charge in [-0.15, -0.1) is 0 Å². The highest BCUT2D eigenvalue weighted by atomic mass is 16.1. The number of benzene rings is 4. The van der Waals surface area contributed by atoms with Crippen LogP contribution in [0.3, 0.4) is 0 Å². The molecule has 0 aromatic heterocycles. The van der Waals surface area contributed by atoms with Crippen molar-refractivity contribution in [1.82, 2.24) is 0 Å². The van der Waals surface area contributed by atoms with Crippen molar-refractivity contribution in [2.45, 2.75) is 0 Å². The molecular weight excluding hydrogens is 356 g/mol. The van der Waals surface area contributed by atoms with E-state index in [0.29, 0.717) is 11.1 Å². The lowest BCUT2D eigenvalue weighted by molar-refractivity contribution is 0.103. The molecule has 4 rings (SSSR count). The Kier molecular flexibility index (Phi) is 5.39. The predicted octanol–water partition coefficient (Wildman–Crippen LogP) is 6.43. The van der Waals surface area contributed by atoms with Gasteiger partial charge in [0.15, 0.2) is 5.78 Å². The van der Waals surface area contributed by atoms with Gasteiger partial charge in [0, 0.05) is 40.9 Å². The molecule has 142 valence electrons. The molecule has 0 radical (unpaired) electrons. The summed E-state index contributed by atoms with van der Waals surface area (Å²) in [7, 11) is 2.02. The maximum atomic E-state index is 12.8. The molecule has 0 amide bonds. The van der Waals surface area contributed by atoms with Crippen LogP contribution in [0, 0.1) is 0 Å². The maximum absolute atomic E-state index is 12.8. The van der Waals surface area contributed by atoms with E-state index < -0.39 is 0 Å². The fourth-order valence-electron chi connectivity index (χ4n) is 3.20. The maximum Gasteiger partial charge on any atom is 0.193 e. The fourth-order valence-corrected chi connectivity index (χ4v) is 3.20. The smallest absolute Gasteiger partial charge is 0.193 e. The highest BCUT2D eigenvalue weighted by Gasteiger charge is 2.10. The Hall–Kier alpha value is -3.85. The SMILES string of the molecule is CN(c1ccccc1)c1ccc(C(=O)c2ccc(Nc3ccccc3)cc2)cc1. The molecule has 3 nitrogen and oxygen atoms in total. The molecule has 4 aromatic rings. The van der Waals surface area contributed by atoms with Gasteiger partial charge < -0.3 is 10.2 Å². The first-order valence-corrected chi connectivity index (χ1v) is 9.56. The molecule has 0 saturated carbocycles. The normalized spacial score (nSPS) is 10.4. The zero-order chi connectivity index (χ0) is 20.1. The molecule has 0 aliphatic carbocycles. The molecule has 0 saturated heterocycles. The lowest BCUT2D eigenvalue weighted by Gasteiger charge is -2.19. The van der Waals surface area contributed by atoms with E-state index in [0.717, 1.165) is 22.7 Å². The first kappa shape index (κ1) is 18.5. The molecule has 0 fully saturated rings. The second kappa shape index (κ2) is 8.44. The van der Waals surface area contributed by atoms with E-state index in [-0.39, 0.29) is 5.78 Å². The molecule has 4 aromatic carbocycles. The Bertz CT molecular complexity index is 1070. The Morgan fingerprint density at radius 3 is 1.62 bits per heavy atom. The number of anilines is 4. The minimum Gasteiger partial charge on any atom is -0.356 e. The zero-order valence-corrected chi connectivity index (χ0v) is 16.2. The van der Waals surface area contributed by atoms with Gasteiger partial charge >= 0.3 is 0 Å². The monoisotopic (exact) mass is 378 g/mol. The number of hydrogen-bond acceptors (Lipinski definition) is 3. The second-order valence-electron chi connectivity index (χ2n) is 6.84. The third-order valence-electron chi connectivity index (χ3n) is 4.87. The number of nitrogens with one attached hydrogen (secondary N) is 1. The van der Waals surface area contributed by atoms with Gasteiger partial charge in [-0.25, -0.2) is 0 Å². The number of hydrogen-bond donors (Lipinski definition) is 1. The summed E-state index contributed by atoms with van der Waals surface area (Å²) in [5, 5.41) is 3.33. The van der Waals surface area contributed by atoms with Gasteiger partial charge in [0.05, 0.1) is 0 Å². The summed E-state index contributed by atoms with van der Waals surface area (Å²) < 4.78 is 0. The van der Waals surface area contributed by atoms with Gasteiger partial charge in [-0.1, -0.05) is 36.4 Å². The van der Waals surface area contributed by atoms with E-state index in [1.54, 1.807) is 0 Å². The summed E-state index contributed by atoms with van der Waals surface area (Å²) in [6.45, 7) is 0. The molecule has 0 aliphatic heterocycles. The van der Waals surface area contributed by atoms with Gasteiger partial charge in [0.2, 0.25) is 0 Å². The van der Waals surface area contributed by atoms with E-state index in [9.17, 15) is 4.79 Å². The summed E-state index contributed by atoms with van der Waals surface area (Å²) in [6, 6.07) is 35.4. The lowest BCUT2D eigenvalue weighted by atomic mass is 10.0. The Morgan fingerprint density at radius 1 is 0.586 bits per heavy atom. The molecule has 0 unspecified atom stereocenters. The van der Waals surface area contributed by atoms with Crippen molar-refractivity contribution in [1.29, 1.82) is 0 Å². The summed E-state index contributed by atoms with van der Waals surface area (Å²) in [4.78, 5) is 14.9. The molecule has 0 heterocycles. The minimum atomic E-state index is 0.0187. The van der Waals surface area contributed by atoms with Crippen LogP contribution in [-0.4, -0.2) is 12.8 Å². The fraction of sp³-hybridized carbons (Fsp3) is 0.0385. The molecule has 0 spiro atoms. The number of rotatable bonds is 6. The second-order valence-corrected chi connectivity index (χ2v) is 6.84. The summed E-state index contributed by atoms with van der Waals surface area (Å²) >= 11 is 0. The van der Waals surface area contributed by atoms with Crippen LogP contribution < -0.4 is 10.2 Å². The van der Waals surface area contributed by atoms with E-state index in [1.165, 1.54) is 0 Å². The summed E-state index contributed by atoms with van der Waals surface area (Å²) in [5.74, 6) is 0.0187. The van der Waals surface area contributed by atoms with E-state index in [2.05, 4.69) is 22.3 Å². The van der Waals surface area contributed by atoms with E-state index in [4.69, 9.17) is 0 Å². The van der Waals surface area contributed by atoms with Crippen LogP contribution in [0.4, 0.5) is 22.7 Å². The van der Waals surface area contributed by atoms with Crippen LogP contribution in [-0.2, 0) is 0 Å². The van der Waals surface area contributed by atoms with Crippen molar-refractivity contribution in [2.75, 3.05) is 17.3 Å². The first-order chi connectivity index (χ1) is 14.2. The standard InChI is InChI=1S/C26H22N2O/c1-28(24-10-6-3-7-11-24)25-18-14-21(15-19-25)26(29)20-12-16-23(17-13-20)27-22-8-4-2-5-9-22/h2-19,27H,1H3. The molecule has 0 aliphatic rings. The molecule has 29 heavy (non-hydrogen) atoms. The van der Waals surface area contributed by atoms with Gasteiger partial charge in [-0.05, 0) is 72.8 Å². The predicted molar refractivity (Wildman–Crippen MR) is 121 cm³/mol. The molecular formula is C26H22N2O. The van der Waals surface area contributed by atoms with Crippen molar-refractivity contribution >= 4 is 28.5 Å². The van der Waals surface area contributed by atoms with Crippen molar-refractivity contribution < 1.29 is 4.79 Å². The molecule has 3 heteroatoms. The number of carbonyl (C=O) groups is 1.